The summed E-state index contributed by atoms with van der Waals surface area (Å²) in [6.07, 6.45) is 2.33. The quantitative estimate of drug-likeness (QED) is 0.552. The summed E-state index contributed by atoms with van der Waals surface area (Å²) < 4.78 is 7.29. The lowest BCUT2D eigenvalue weighted by atomic mass is 10.1. The zero-order valence-corrected chi connectivity index (χ0v) is 10.7. The van der Waals surface area contributed by atoms with Crippen LogP contribution in [0.25, 0.3) is 10.9 Å². The van der Waals surface area contributed by atoms with Gasteiger partial charge >= 0.3 is 0 Å². The van der Waals surface area contributed by atoms with Gasteiger partial charge in [-0.3, -0.25) is 10.5 Å². The number of hydrogen-bond acceptors (Lipinski definition) is 4. The molecule has 0 amide bonds. The highest BCUT2D eigenvalue weighted by Gasteiger charge is 2.17. The van der Waals surface area contributed by atoms with Gasteiger partial charge in [-0.15, -0.1) is 0 Å². The molecular weight excluding hydrogens is 240 g/mol. The highest BCUT2D eigenvalue weighted by atomic mass is 16.3. The van der Waals surface area contributed by atoms with E-state index in [0.29, 0.717) is 6.42 Å². The lowest BCUT2D eigenvalue weighted by molar-refractivity contribution is 0.413. The van der Waals surface area contributed by atoms with Crippen LogP contribution >= 0.6 is 0 Å². The predicted octanol–water partition coefficient (Wildman–Crippen LogP) is 1.91. The first kappa shape index (κ1) is 12.0. The summed E-state index contributed by atoms with van der Waals surface area (Å²) in [7, 11) is 1.95. The number of nitrogens with one attached hydrogen (secondary N) is 1. The van der Waals surface area contributed by atoms with E-state index < -0.39 is 0 Å². The molecule has 3 N–H and O–H groups in total. The lowest BCUT2D eigenvalue weighted by Crippen LogP contribution is -2.29. The van der Waals surface area contributed by atoms with E-state index in [4.69, 9.17) is 10.3 Å². The Morgan fingerprint density at radius 2 is 2.16 bits per heavy atom. The molecule has 0 saturated heterocycles. The number of aryl methyl sites for hydroxylation is 1. The number of para-hydroxylation sites is 1. The van der Waals surface area contributed by atoms with Gasteiger partial charge in [0.25, 0.3) is 0 Å². The molecule has 0 spiro atoms. The summed E-state index contributed by atoms with van der Waals surface area (Å²) in [5.74, 6) is 6.43. The van der Waals surface area contributed by atoms with Crippen molar-refractivity contribution in [2.24, 2.45) is 12.9 Å². The first-order chi connectivity index (χ1) is 9.29. The van der Waals surface area contributed by atoms with Gasteiger partial charge in [0.1, 0.15) is 5.76 Å². The number of rotatable bonds is 4. The van der Waals surface area contributed by atoms with Gasteiger partial charge in [-0.25, -0.2) is 5.43 Å². The molecule has 0 radical (unpaired) electrons. The van der Waals surface area contributed by atoms with E-state index in [9.17, 15) is 0 Å². The predicted molar refractivity (Wildman–Crippen MR) is 73.2 cm³/mol. The Morgan fingerprint density at radius 1 is 1.32 bits per heavy atom. The van der Waals surface area contributed by atoms with Crippen molar-refractivity contribution in [2.45, 2.75) is 12.5 Å². The largest absolute Gasteiger partial charge is 0.468 e. The van der Waals surface area contributed by atoms with Crippen LogP contribution in [0.15, 0.2) is 47.1 Å². The third-order valence-electron chi connectivity index (χ3n) is 3.32. The van der Waals surface area contributed by atoms with E-state index in [1.54, 1.807) is 6.26 Å². The number of fused-ring (bicyclic) bond motifs is 1. The Bertz CT molecular complexity index is 672. The van der Waals surface area contributed by atoms with Crippen LogP contribution in [0, 0.1) is 0 Å². The van der Waals surface area contributed by atoms with Crippen molar-refractivity contribution in [3.05, 3.63) is 54.1 Å². The molecule has 0 saturated carbocycles. The average Bonchev–Trinajstić information content (AvgIpc) is 3.06. The molecule has 19 heavy (non-hydrogen) atoms. The van der Waals surface area contributed by atoms with Crippen molar-refractivity contribution < 1.29 is 4.42 Å². The number of nitrogens with zero attached hydrogens (tertiary/aromatic N) is 2. The summed E-state index contributed by atoms with van der Waals surface area (Å²) in [6.45, 7) is 0. The standard InChI is InChI=1S/C14H16N4O/c1-18-13-6-3-2-5-10(13)11(17-18)9-12(16-15)14-7-4-8-19-14/h2-8,12,16H,9,15H2,1H3. The van der Waals surface area contributed by atoms with Crippen molar-refractivity contribution in [3.8, 4) is 0 Å². The zero-order valence-electron chi connectivity index (χ0n) is 10.7. The van der Waals surface area contributed by atoms with Crippen LogP contribution in [0.3, 0.4) is 0 Å². The lowest BCUT2D eigenvalue weighted by Gasteiger charge is -2.11. The van der Waals surface area contributed by atoms with E-state index in [1.807, 2.05) is 36.0 Å². The van der Waals surface area contributed by atoms with Crippen LogP contribution in [0.5, 0.6) is 0 Å². The number of aromatic nitrogens is 2. The van der Waals surface area contributed by atoms with Crippen molar-refractivity contribution in [1.29, 1.82) is 0 Å². The maximum absolute atomic E-state index is 5.62. The molecule has 1 atom stereocenters. The smallest absolute Gasteiger partial charge is 0.122 e. The van der Waals surface area contributed by atoms with Crippen molar-refractivity contribution in [2.75, 3.05) is 0 Å². The van der Waals surface area contributed by atoms with E-state index in [0.717, 1.165) is 22.4 Å². The number of hydrazine groups is 1. The second kappa shape index (κ2) is 4.87. The number of benzene rings is 1. The van der Waals surface area contributed by atoms with E-state index in [-0.39, 0.29) is 6.04 Å². The van der Waals surface area contributed by atoms with Crippen LogP contribution in [-0.4, -0.2) is 9.78 Å². The van der Waals surface area contributed by atoms with Gasteiger partial charge in [-0.2, -0.15) is 5.10 Å². The van der Waals surface area contributed by atoms with Gasteiger partial charge in [0.2, 0.25) is 0 Å². The molecule has 0 aliphatic heterocycles. The van der Waals surface area contributed by atoms with Crippen LogP contribution in [0.1, 0.15) is 17.5 Å². The molecule has 0 bridgehead atoms. The number of hydrogen-bond donors (Lipinski definition) is 2. The van der Waals surface area contributed by atoms with Crippen molar-refractivity contribution >= 4 is 10.9 Å². The minimum atomic E-state index is -0.0756. The Kier molecular flexibility index (Phi) is 3.06. The SMILES string of the molecule is Cn1nc(CC(NN)c2ccco2)c2ccccc21. The molecule has 5 nitrogen and oxygen atoms in total. The minimum absolute atomic E-state index is 0.0756. The highest BCUT2D eigenvalue weighted by molar-refractivity contribution is 5.81. The second-order valence-corrected chi connectivity index (χ2v) is 4.53. The Morgan fingerprint density at radius 3 is 2.89 bits per heavy atom. The molecule has 0 aliphatic carbocycles. The fourth-order valence-corrected chi connectivity index (χ4v) is 2.36. The fraction of sp³-hybridized carbons (Fsp3) is 0.214. The van der Waals surface area contributed by atoms with Crippen LogP contribution < -0.4 is 11.3 Å². The topological polar surface area (TPSA) is 69.0 Å². The van der Waals surface area contributed by atoms with E-state index in [2.05, 4.69) is 22.7 Å². The van der Waals surface area contributed by atoms with Crippen molar-refractivity contribution in [3.63, 3.8) is 0 Å². The van der Waals surface area contributed by atoms with Gasteiger partial charge in [-0.05, 0) is 18.2 Å². The second-order valence-electron chi connectivity index (χ2n) is 4.53. The third-order valence-corrected chi connectivity index (χ3v) is 3.32. The van der Waals surface area contributed by atoms with Gasteiger partial charge in [0, 0.05) is 18.9 Å². The first-order valence-electron chi connectivity index (χ1n) is 6.19. The summed E-state index contributed by atoms with van der Waals surface area (Å²) in [5, 5.41) is 5.72. The normalized spacial score (nSPS) is 12.9. The molecule has 2 aromatic heterocycles. The molecule has 1 aromatic carbocycles. The first-order valence-corrected chi connectivity index (χ1v) is 6.19. The van der Waals surface area contributed by atoms with Gasteiger partial charge in [0.15, 0.2) is 0 Å². The maximum Gasteiger partial charge on any atom is 0.122 e. The van der Waals surface area contributed by atoms with Crippen LogP contribution in [0.2, 0.25) is 0 Å². The molecule has 2 heterocycles. The summed E-state index contributed by atoms with van der Waals surface area (Å²) in [6, 6.07) is 11.9. The van der Waals surface area contributed by atoms with Crippen LogP contribution in [-0.2, 0) is 13.5 Å². The summed E-state index contributed by atoms with van der Waals surface area (Å²) >= 11 is 0. The Labute approximate surface area is 111 Å². The molecule has 5 heteroatoms. The number of furan rings is 1. The van der Waals surface area contributed by atoms with Crippen LogP contribution in [0.4, 0.5) is 0 Å². The summed E-state index contributed by atoms with van der Waals surface area (Å²) in [5.41, 5.74) is 4.91. The van der Waals surface area contributed by atoms with E-state index >= 15 is 0 Å². The highest BCUT2D eigenvalue weighted by Crippen LogP contribution is 2.23. The van der Waals surface area contributed by atoms with Gasteiger partial charge in [0.05, 0.1) is 23.5 Å². The third kappa shape index (κ3) is 2.14. The molecule has 0 fully saturated rings. The minimum Gasteiger partial charge on any atom is -0.468 e. The zero-order chi connectivity index (χ0) is 13.2. The number of nitrogens with two attached hydrogens (primary N) is 1. The maximum atomic E-state index is 5.62. The molecule has 3 aromatic rings. The Hall–Kier alpha value is -2.11. The summed E-state index contributed by atoms with van der Waals surface area (Å²) in [4.78, 5) is 0. The monoisotopic (exact) mass is 256 g/mol. The Balaban J connectivity index is 1.97. The van der Waals surface area contributed by atoms with E-state index in [1.165, 1.54) is 0 Å². The fourth-order valence-electron chi connectivity index (χ4n) is 2.36. The molecule has 0 aliphatic rings. The molecular formula is C14H16N4O. The molecule has 1 unspecified atom stereocenters. The average molecular weight is 256 g/mol. The molecule has 3 rings (SSSR count). The van der Waals surface area contributed by atoms with Crippen molar-refractivity contribution in [1.82, 2.24) is 15.2 Å². The van der Waals surface area contributed by atoms with Gasteiger partial charge < -0.3 is 4.42 Å². The van der Waals surface area contributed by atoms with Gasteiger partial charge in [-0.1, -0.05) is 18.2 Å². The molecule has 98 valence electrons.